The maximum Gasteiger partial charge on any atom is 0.170 e. The van der Waals surface area contributed by atoms with Crippen molar-refractivity contribution < 1.29 is 4.79 Å². The van der Waals surface area contributed by atoms with Crippen molar-refractivity contribution in [1.82, 2.24) is 10.2 Å². The molecule has 0 radical (unpaired) electrons. The largest absolute Gasteiger partial charge is 0.296 e. The Kier molecular flexibility index (Phi) is 1.85. The van der Waals surface area contributed by atoms with Crippen molar-refractivity contribution in [3.8, 4) is 0 Å². The Morgan fingerprint density at radius 3 is 2.70 bits per heavy atom. The van der Waals surface area contributed by atoms with E-state index in [1.54, 1.807) is 6.07 Å². The molecule has 3 heteroatoms. The first kappa shape index (κ1) is 6.99. The highest BCUT2D eigenvalue weighted by Crippen LogP contribution is 2.10. The molecule has 1 N–H and O–H groups in total. The predicted octanol–water partition coefficient (Wildman–Crippen LogP) is 1.35. The second kappa shape index (κ2) is 2.64. The Balaban J connectivity index is 2.88. The van der Waals surface area contributed by atoms with Crippen LogP contribution < -0.4 is 0 Å². The van der Waals surface area contributed by atoms with Crippen LogP contribution in [-0.4, -0.2) is 16.5 Å². The number of aldehydes is 1. The number of hydrogen-bond acceptors (Lipinski definition) is 2. The van der Waals surface area contributed by atoms with Gasteiger partial charge in [0, 0.05) is 5.69 Å². The van der Waals surface area contributed by atoms with Gasteiger partial charge in [-0.3, -0.25) is 9.89 Å². The zero-order chi connectivity index (χ0) is 7.56. The Hall–Kier alpha value is -1.12. The summed E-state index contributed by atoms with van der Waals surface area (Å²) in [6, 6.07) is 1.76. The van der Waals surface area contributed by atoms with Gasteiger partial charge in [0.25, 0.3) is 0 Å². The van der Waals surface area contributed by atoms with E-state index in [9.17, 15) is 4.79 Å². The average Bonchev–Trinajstić information content (AvgIpc) is 2.34. The molecular formula is C7H10N2O. The molecule has 1 heterocycles. The van der Waals surface area contributed by atoms with Crippen LogP contribution in [0.2, 0.25) is 0 Å². The van der Waals surface area contributed by atoms with Crippen molar-refractivity contribution in [2.45, 2.75) is 19.8 Å². The number of aromatic nitrogens is 2. The van der Waals surface area contributed by atoms with Crippen molar-refractivity contribution in [3.63, 3.8) is 0 Å². The highest BCUT2D eigenvalue weighted by atomic mass is 16.1. The van der Waals surface area contributed by atoms with Gasteiger partial charge in [-0.2, -0.15) is 5.10 Å². The summed E-state index contributed by atoms with van der Waals surface area (Å²) in [6.07, 6.45) is 0.738. The van der Waals surface area contributed by atoms with Crippen LogP contribution >= 0.6 is 0 Å². The molecular weight excluding hydrogens is 128 g/mol. The molecule has 1 aromatic heterocycles. The molecule has 0 aromatic carbocycles. The van der Waals surface area contributed by atoms with Crippen molar-refractivity contribution in [2.75, 3.05) is 0 Å². The third-order valence-electron chi connectivity index (χ3n) is 1.36. The fraction of sp³-hybridized carbons (Fsp3) is 0.429. The molecule has 0 fully saturated rings. The molecule has 0 aliphatic rings. The normalized spacial score (nSPS) is 10.3. The second-order valence-corrected chi connectivity index (χ2v) is 2.52. The van der Waals surface area contributed by atoms with Gasteiger partial charge in [0.05, 0.1) is 0 Å². The smallest absolute Gasteiger partial charge is 0.170 e. The minimum absolute atomic E-state index is 0.404. The van der Waals surface area contributed by atoms with Gasteiger partial charge in [-0.25, -0.2) is 0 Å². The quantitative estimate of drug-likeness (QED) is 0.627. The van der Waals surface area contributed by atoms with Crippen LogP contribution in [0.1, 0.15) is 35.9 Å². The molecule has 3 nitrogen and oxygen atoms in total. The van der Waals surface area contributed by atoms with E-state index in [-0.39, 0.29) is 0 Å². The summed E-state index contributed by atoms with van der Waals surface area (Å²) in [5, 5.41) is 6.54. The van der Waals surface area contributed by atoms with Crippen LogP contribution in [0.4, 0.5) is 0 Å². The van der Waals surface area contributed by atoms with E-state index < -0.39 is 0 Å². The molecule has 0 aliphatic heterocycles. The van der Waals surface area contributed by atoms with Crippen molar-refractivity contribution in [2.24, 2.45) is 0 Å². The van der Waals surface area contributed by atoms with Gasteiger partial charge < -0.3 is 0 Å². The summed E-state index contributed by atoms with van der Waals surface area (Å²) in [4.78, 5) is 10.2. The first-order chi connectivity index (χ1) is 4.74. The summed E-state index contributed by atoms with van der Waals surface area (Å²) in [5.41, 5.74) is 1.48. The molecule has 0 unspecified atom stereocenters. The number of carbonyl (C=O) groups excluding carboxylic acids is 1. The topological polar surface area (TPSA) is 45.8 Å². The zero-order valence-electron chi connectivity index (χ0n) is 6.09. The molecule has 0 saturated carbocycles. The zero-order valence-corrected chi connectivity index (χ0v) is 6.09. The number of rotatable bonds is 2. The molecule has 0 aliphatic carbocycles. The molecule has 0 amide bonds. The maximum atomic E-state index is 10.2. The highest BCUT2D eigenvalue weighted by Gasteiger charge is 2.02. The summed E-state index contributed by atoms with van der Waals surface area (Å²) < 4.78 is 0. The van der Waals surface area contributed by atoms with Crippen LogP contribution in [-0.2, 0) is 0 Å². The van der Waals surface area contributed by atoms with Gasteiger partial charge in [0.1, 0.15) is 5.69 Å². The summed E-state index contributed by atoms with van der Waals surface area (Å²) >= 11 is 0. The van der Waals surface area contributed by atoms with Gasteiger partial charge >= 0.3 is 0 Å². The number of nitrogens with one attached hydrogen (secondary N) is 1. The molecule has 1 aromatic rings. The van der Waals surface area contributed by atoms with Gasteiger partial charge in [0.2, 0.25) is 0 Å². The van der Waals surface area contributed by atoms with E-state index in [1.807, 2.05) is 13.8 Å². The van der Waals surface area contributed by atoms with Crippen molar-refractivity contribution in [1.29, 1.82) is 0 Å². The molecule has 10 heavy (non-hydrogen) atoms. The molecule has 0 bridgehead atoms. The Morgan fingerprint density at radius 1 is 1.70 bits per heavy atom. The molecule has 0 saturated heterocycles. The van der Waals surface area contributed by atoms with E-state index in [1.165, 1.54) is 0 Å². The average molecular weight is 138 g/mol. The molecule has 0 spiro atoms. The monoisotopic (exact) mass is 138 g/mol. The minimum atomic E-state index is 0.404. The van der Waals surface area contributed by atoms with E-state index in [4.69, 9.17) is 0 Å². The summed E-state index contributed by atoms with van der Waals surface area (Å²) in [6.45, 7) is 4.09. The third kappa shape index (κ3) is 1.23. The minimum Gasteiger partial charge on any atom is -0.296 e. The van der Waals surface area contributed by atoms with Crippen LogP contribution in [0, 0.1) is 0 Å². The second-order valence-electron chi connectivity index (χ2n) is 2.52. The van der Waals surface area contributed by atoms with Gasteiger partial charge in [0.15, 0.2) is 6.29 Å². The van der Waals surface area contributed by atoms with Gasteiger partial charge in [-0.15, -0.1) is 0 Å². The van der Waals surface area contributed by atoms with Crippen LogP contribution in [0.5, 0.6) is 0 Å². The lowest BCUT2D eigenvalue weighted by Crippen LogP contribution is -1.85. The Labute approximate surface area is 59.4 Å². The Morgan fingerprint density at radius 2 is 2.40 bits per heavy atom. The number of hydrogen-bond donors (Lipinski definition) is 1. The van der Waals surface area contributed by atoms with Gasteiger partial charge in [-0.05, 0) is 12.0 Å². The molecule has 0 atom stereocenters. The maximum absolute atomic E-state index is 10.2. The summed E-state index contributed by atoms with van der Waals surface area (Å²) in [5.74, 6) is 0.404. The Bertz CT molecular complexity index is 227. The number of aromatic amines is 1. The number of carbonyl (C=O) groups is 1. The highest BCUT2D eigenvalue weighted by molar-refractivity contribution is 5.71. The molecule has 54 valence electrons. The summed E-state index contributed by atoms with van der Waals surface area (Å²) in [7, 11) is 0. The number of nitrogens with zero attached hydrogens (tertiary/aromatic N) is 1. The van der Waals surface area contributed by atoms with E-state index in [0.29, 0.717) is 11.6 Å². The van der Waals surface area contributed by atoms with E-state index in [0.717, 1.165) is 12.0 Å². The fourth-order valence-corrected chi connectivity index (χ4v) is 0.709. The lowest BCUT2D eigenvalue weighted by Gasteiger charge is -1.95. The first-order valence-electron chi connectivity index (χ1n) is 3.24. The van der Waals surface area contributed by atoms with Gasteiger partial charge in [-0.1, -0.05) is 13.8 Å². The van der Waals surface area contributed by atoms with Crippen LogP contribution in [0.15, 0.2) is 6.07 Å². The standard InChI is InChI=1S/C7H10N2O/c1-5(2)7-3-6(4-10)8-9-7/h3-5H,1-2H3,(H,8,9). The van der Waals surface area contributed by atoms with E-state index >= 15 is 0 Å². The number of H-pyrrole nitrogens is 1. The third-order valence-corrected chi connectivity index (χ3v) is 1.36. The van der Waals surface area contributed by atoms with Crippen LogP contribution in [0.25, 0.3) is 0 Å². The van der Waals surface area contributed by atoms with Crippen LogP contribution in [0.3, 0.4) is 0 Å². The fourth-order valence-electron chi connectivity index (χ4n) is 0.709. The SMILES string of the molecule is CC(C)c1cc(C=O)n[nH]1. The predicted molar refractivity (Wildman–Crippen MR) is 38.1 cm³/mol. The van der Waals surface area contributed by atoms with E-state index in [2.05, 4.69) is 10.2 Å². The lowest BCUT2D eigenvalue weighted by molar-refractivity contribution is 0.111. The van der Waals surface area contributed by atoms with Crippen molar-refractivity contribution in [3.05, 3.63) is 17.5 Å². The lowest BCUT2D eigenvalue weighted by atomic mass is 10.1. The first-order valence-corrected chi connectivity index (χ1v) is 3.24. The molecule has 1 rings (SSSR count). The van der Waals surface area contributed by atoms with Crippen molar-refractivity contribution >= 4 is 6.29 Å².